The van der Waals surface area contributed by atoms with E-state index in [1.807, 2.05) is 44.2 Å². The summed E-state index contributed by atoms with van der Waals surface area (Å²) in [6.45, 7) is 2.87. The van der Waals surface area contributed by atoms with Crippen LogP contribution in [0.5, 0.6) is 5.75 Å². The second kappa shape index (κ2) is 16.1. The average molecular weight is 701 g/mol. The van der Waals surface area contributed by atoms with Gasteiger partial charge >= 0.3 is 0 Å². The van der Waals surface area contributed by atoms with Gasteiger partial charge in [0, 0.05) is 34.6 Å². The lowest BCUT2D eigenvalue weighted by molar-refractivity contribution is -0.140. The Morgan fingerprint density at radius 1 is 0.894 bits per heavy atom. The molecule has 1 N–H and O–H groups in total. The second-order valence-corrected chi connectivity index (χ2v) is 13.6. The molecule has 4 rings (SSSR count). The Hall–Kier alpha value is -4.12. The van der Waals surface area contributed by atoms with Crippen LogP contribution in [0, 0.1) is 5.82 Å². The van der Waals surface area contributed by atoms with Gasteiger partial charge in [0.1, 0.15) is 24.2 Å². The first-order valence-corrected chi connectivity index (χ1v) is 17.1. The predicted molar refractivity (Wildman–Crippen MR) is 183 cm³/mol. The number of benzene rings is 4. The Balaban J connectivity index is 1.84. The minimum absolute atomic E-state index is 0.0509. The second-order valence-electron chi connectivity index (χ2n) is 10.9. The molecule has 0 saturated heterocycles. The maximum Gasteiger partial charge on any atom is 0.264 e. The minimum atomic E-state index is -4.38. The normalized spacial score (nSPS) is 12.6. The summed E-state index contributed by atoms with van der Waals surface area (Å²) in [6, 6.07) is 23.2. The van der Waals surface area contributed by atoms with Gasteiger partial charge in [-0.25, -0.2) is 12.8 Å². The molecule has 0 spiro atoms. The molecular formula is C35H36Cl2FN3O5S. The number of carbonyl (C=O) groups excluding carboxylic acids is 2. The summed E-state index contributed by atoms with van der Waals surface area (Å²) >= 11 is 13.1. The van der Waals surface area contributed by atoms with Crippen LogP contribution >= 0.6 is 23.2 Å². The largest absolute Gasteiger partial charge is 0.497 e. The molecule has 2 atom stereocenters. The number of amides is 2. The van der Waals surface area contributed by atoms with Crippen LogP contribution in [0.25, 0.3) is 0 Å². The fourth-order valence-corrected chi connectivity index (χ4v) is 6.79. The minimum Gasteiger partial charge on any atom is -0.497 e. The molecule has 47 heavy (non-hydrogen) atoms. The first-order valence-electron chi connectivity index (χ1n) is 14.9. The van der Waals surface area contributed by atoms with Crippen molar-refractivity contribution < 1.29 is 27.1 Å². The number of rotatable bonds is 14. The molecule has 0 bridgehead atoms. The number of sulfonamides is 1. The molecule has 0 heterocycles. The van der Waals surface area contributed by atoms with E-state index in [1.165, 1.54) is 48.4 Å². The zero-order valence-corrected chi connectivity index (χ0v) is 28.5. The number of carbonyl (C=O) groups is 2. The third-order valence-corrected chi connectivity index (χ3v) is 10.2. The van der Waals surface area contributed by atoms with Crippen molar-refractivity contribution in [1.29, 1.82) is 0 Å². The Morgan fingerprint density at radius 3 is 2.09 bits per heavy atom. The highest BCUT2D eigenvalue weighted by Gasteiger charge is 2.35. The third kappa shape index (κ3) is 9.03. The SMILES string of the molecule is CC[C@H](C)NC(=O)[C@H](Cc1ccccc1)N(Cc1c(Cl)cccc1Cl)C(=O)CN(c1ccc(F)cc1)S(=O)(=O)c1ccc(OC)cc1. The highest BCUT2D eigenvalue weighted by Crippen LogP contribution is 2.29. The van der Waals surface area contributed by atoms with Crippen molar-refractivity contribution in [2.75, 3.05) is 18.0 Å². The summed E-state index contributed by atoms with van der Waals surface area (Å²) in [7, 11) is -2.93. The standard InChI is InChI=1S/C35H36Cl2FN3O5S/c1-4-24(2)39-35(43)33(21-25-9-6-5-7-10-25)40(22-30-31(36)11-8-12-32(30)37)34(42)23-41(27-15-13-26(38)14-16-27)47(44,45)29-19-17-28(46-3)18-20-29/h5-20,24,33H,4,21-23H2,1-3H3,(H,39,43)/t24-,33-/m0/s1. The molecule has 248 valence electrons. The molecule has 0 unspecified atom stereocenters. The number of methoxy groups -OCH3 is 1. The molecule has 0 radical (unpaired) electrons. The molecule has 0 aliphatic carbocycles. The first kappa shape index (κ1) is 35.7. The Morgan fingerprint density at radius 2 is 1.51 bits per heavy atom. The van der Waals surface area contributed by atoms with Crippen molar-refractivity contribution >= 4 is 50.7 Å². The zero-order chi connectivity index (χ0) is 34.1. The number of hydrogen-bond acceptors (Lipinski definition) is 5. The van der Waals surface area contributed by atoms with Crippen molar-refractivity contribution in [1.82, 2.24) is 10.2 Å². The van der Waals surface area contributed by atoms with E-state index in [1.54, 1.807) is 18.2 Å². The Labute approximate surface area is 285 Å². The van der Waals surface area contributed by atoms with Gasteiger partial charge in [0.15, 0.2) is 0 Å². The van der Waals surface area contributed by atoms with Crippen molar-refractivity contribution in [3.63, 3.8) is 0 Å². The summed E-state index contributed by atoms with van der Waals surface area (Å²) in [4.78, 5) is 29.7. The van der Waals surface area contributed by atoms with Crippen molar-refractivity contribution in [3.8, 4) is 5.75 Å². The zero-order valence-electron chi connectivity index (χ0n) is 26.2. The fraction of sp³-hybridized carbons (Fsp3) is 0.257. The highest BCUT2D eigenvalue weighted by atomic mass is 35.5. The van der Waals surface area contributed by atoms with E-state index in [0.29, 0.717) is 17.7 Å². The van der Waals surface area contributed by atoms with Crippen molar-refractivity contribution in [3.05, 3.63) is 124 Å². The number of hydrogen-bond donors (Lipinski definition) is 1. The highest BCUT2D eigenvalue weighted by molar-refractivity contribution is 7.92. The molecule has 4 aromatic rings. The van der Waals surface area contributed by atoms with Gasteiger partial charge < -0.3 is 15.0 Å². The predicted octanol–water partition coefficient (Wildman–Crippen LogP) is 6.89. The van der Waals surface area contributed by atoms with Gasteiger partial charge in [-0.05, 0) is 79.6 Å². The molecule has 0 aliphatic heterocycles. The van der Waals surface area contributed by atoms with Crippen LogP contribution in [0.4, 0.5) is 10.1 Å². The molecule has 0 aliphatic rings. The number of anilines is 1. The number of nitrogens with zero attached hydrogens (tertiary/aromatic N) is 2. The molecule has 0 saturated carbocycles. The Bertz CT molecular complexity index is 1760. The van der Waals surface area contributed by atoms with Gasteiger partial charge in [-0.3, -0.25) is 13.9 Å². The summed E-state index contributed by atoms with van der Waals surface area (Å²) < 4.78 is 48.3. The number of nitrogens with one attached hydrogen (secondary N) is 1. The van der Waals surface area contributed by atoms with Gasteiger partial charge in [0.2, 0.25) is 11.8 Å². The monoisotopic (exact) mass is 699 g/mol. The topological polar surface area (TPSA) is 96.0 Å². The van der Waals surface area contributed by atoms with Crippen LogP contribution in [0.15, 0.2) is 102 Å². The molecule has 2 amide bonds. The maximum atomic E-state index is 14.6. The van der Waals surface area contributed by atoms with E-state index in [-0.39, 0.29) is 39.6 Å². The van der Waals surface area contributed by atoms with E-state index >= 15 is 0 Å². The average Bonchev–Trinajstić information content (AvgIpc) is 3.07. The fourth-order valence-electron chi connectivity index (χ4n) is 4.86. The lowest BCUT2D eigenvalue weighted by Gasteiger charge is -2.34. The molecule has 8 nitrogen and oxygen atoms in total. The summed E-state index contributed by atoms with van der Waals surface area (Å²) in [5.74, 6) is -1.28. The van der Waals surface area contributed by atoms with Gasteiger partial charge in [0.25, 0.3) is 10.0 Å². The molecule has 12 heteroatoms. The lowest BCUT2D eigenvalue weighted by Crippen LogP contribution is -2.54. The molecular weight excluding hydrogens is 664 g/mol. The van der Waals surface area contributed by atoms with Gasteiger partial charge in [-0.15, -0.1) is 0 Å². The van der Waals surface area contributed by atoms with Gasteiger partial charge in [-0.2, -0.15) is 0 Å². The van der Waals surface area contributed by atoms with Crippen LogP contribution in [-0.2, 0) is 32.6 Å². The number of ether oxygens (including phenoxy) is 1. The Kier molecular flexibility index (Phi) is 12.3. The lowest BCUT2D eigenvalue weighted by atomic mass is 10.0. The van der Waals surface area contributed by atoms with Gasteiger partial charge in [0.05, 0.1) is 17.7 Å². The van der Waals surface area contributed by atoms with Gasteiger partial charge in [-0.1, -0.05) is 66.5 Å². The van der Waals surface area contributed by atoms with Crippen LogP contribution in [-0.4, -0.2) is 50.9 Å². The molecule has 4 aromatic carbocycles. The van der Waals surface area contributed by atoms with E-state index in [0.717, 1.165) is 22.0 Å². The third-order valence-electron chi connectivity index (χ3n) is 7.70. The van der Waals surface area contributed by atoms with Crippen molar-refractivity contribution in [2.24, 2.45) is 0 Å². The van der Waals surface area contributed by atoms with Crippen LogP contribution in [0.2, 0.25) is 10.0 Å². The summed E-state index contributed by atoms with van der Waals surface area (Å²) in [5.41, 5.74) is 1.22. The quantitative estimate of drug-likeness (QED) is 0.155. The van der Waals surface area contributed by atoms with E-state index in [4.69, 9.17) is 27.9 Å². The molecule has 0 fully saturated rings. The van der Waals surface area contributed by atoms with Crippen LogP contribution in [0.3, 0.4) is 0 Å². The molecule has 0 aromatic heterocycles. The van der Waals surface area contributed by atoms with E-state index < -0.39 is 40.2 Å². The first-order chi connectivity index (χ1) is 22.4. The summed E-state index contributed by atoms with van der Waals surface area (Å²) in [6.07, 6.45) is 0.769. The maximum absolute atomic E-state index is 14.6. The number of halogens is 3. The van der Waals surface area contributed by atoms with Crippen molar-refractivity contribution in [2.45, 2.75) is 50.2 Å². The summed E-state index contributed by atoms with van der Waals surface area (Å²) in [5, 5.41) is 3.52. The van der Waals surface area contributed by atoms with E-state index in [2.05, 4.69) is 5.32 Å². The van der Waals surface area contributed by atoms with E-state index in [9.17, 15) is 22.4 Å². The van der Waals surface area contributed by atoms with Crippen LogP contribution in [0.1, 0.15) is 31.4 Å². The smallest absolute Gasteiger partial charge is 0.264 e. The van der Waals surface area contributed by atoms with Crippen LogP contribution < -0.4 is 14.4 Å².